The lowest BCUT2D eigenvalue weighted by Gasteiger charge is -2.46. The van der Waals surface area contributed by atoms with Crippen molar-refractivity contribution in [1.29, 1.82) is 0 Å². The van der Waals surface area contributed by atoms with Crippen molar-refractivity contribution >= 4 is 12.4 Å². The minimum absolute atomic E-state index is 0. The van der Waals surface area contributed by atoms with Crippen LogP contribution in [-0.2, 0) is 49.7 Å². The number of fused-ring (bicyclic) bond motifs is 3. The quantitative estimate of drug-likeness (QED) is 0.115. The Balaban J connectivity index is 0.000000125. The minimum atomic E-state index is 0. The van der Waals surface area contributed by atoms with Crippen LogP contribution in [-0.4, -0.2) is 51.6 Å². The fourth-order valence-corrected chi connectivity index (χ4v) is 18.5. The first-order valence-electron chi connectivity index (χ1n) is 34.0. The van der Waals surface area contributed by atoms with E-state index < -0.39 is 0 Å². The third-order valence-electron chi connectivity index (χ3n) is 22.8. The van der Waals surface area contributed by atoms with E-state index in [1.807, 2.05) is 24.7 Å². The first kappa shape index (κ1) is 62.6. The predicted octanol–water partition coefficient (Wildman–Crippen LogP) is 18.8. The van der Waals surface area contributed by atoms with Crippen molar-refractivity contribution < 1.29 is 14.2 Å². The molecule has 458 valence electrons. The van der Waals surface area contributed by atoms with E-state index in [9.17, 15) is 0 Å². The van der Waals surface area contributed by atoms with Gasteiger partial charge in [0.15, 0.2) is 0 Å². The van der Waals surface area contributed by atoms with Gasteiger partial charge >= 0.3 is 0 Å². The van der Waals surface area contributed by atoms with E-state index in [0.717, 1.165) is 76.6 Å². The van der Waals surface area contributed by atoms with Gasteiger partial charge < -0.3 is 19.9 Å². The number of hydrogen-bond acceptors (Lipinski definition) is 7. The van der Waals surface area contributed by atoms with E-state index >= 15 is 0 Å². The van der Waals surface area contributed by atoms with Gasteiger partial charge in [0.1, 0.15) is 0 Å². The summed E-state index contributed by atoms with van der Waals surface area (Å²) in [5.41, 5.74) is 19.9. The Morgan fingerprint density at radius 3 is 1.17 bits per heavy atom. The summed E-state index contributed by atoms with van der Waals surface area (Å²) in [4.78, 5) is 14.4. The number of pyridine rings is 3. The molecule has 3 spiro atoms. The van der Waals surface area contributed by atoms with Gasteiger partial charge in [-0.05, 0) is 229 Å². The maximum Gasteiger partial charge on any atom is 0.0691 e. The van der Waals surface area contributed by atoms with Crippen LogP contribution in [0.15, 0.2) is 159 Å². The number of nitrogens with zero attached hydrogens (tertiary/aromatic N) is 3. The molecule has 3 aromatic heterocycles. The molecule has 0 radical (unpaired) electrons. The van der Waals surface area contributed by atoms with E-state index in [4.69, 9.17) is 29.9 Å². The Labute approximate surface area is 523 Å². The number of ether oxygens (including phenoxy) is 3. The summed E-state index contributed by atoms with van der Waals surface area (Å²) in [7, 11) is 0. The van der Waals surface area contributed by atoms with Crippen molar-refractivity contribution in [2.45, 2.75) is 250 Å². The summed E-state index contributed by atoms with van der Waals surface area (Å²) in [5, 5.41) is 0. The predicted molar refractivity (Wildman–Crippen MR) is 353 cm³/mol. The fourth-order valence-electron chi connectivity index (χ4n) is 18.5. The highest BCUT2D eigenvalue weighted by molar-refractivity contribution is 5.85. The number of hydrogen-bond donors (Lipinski definition) is 1. The van der Waals surface area contributed by atoms with Gasteiger partial charge in [-0.3, -0.25) is 15.0 Å². The summed E-state index contributed by atoms with van der Waals surface area (Å²) in [5.74, 6) is 1.52. The normalized spacial score (nSPS) is 27.7. The summed E-state index contributed by atoms with van der Waals surface area (Å²) < 4.78 is 19.0. The van der Waals surface area contributed by atoms with Crippen molar-refractivity contribution in [2.24, 2.45) is 5.73 Å². The van der Waals surface area contributed by atoms with Crippen molar-refractivity contribution in [3.05, 3.63) is 209 Å². The lowest BCUT2D eigenvalue weighted by molar-refractivity contribution is -0.105. The number of aryl methyl sites for hydroxylation is 3. The van der Waals surface area contributed by atoms with Crippen LogP contribution in [0.1, 0.15) is 248 Å². The van der Waals surface area contributed by atoms with Crippen LogP contribution in [0.4, 0.5) is 0 Å². The molecule has 8 heteroatoms. The van der Waals surface area contributed by atoms with Gasteiger partial charge in [0.2, 0.25) is 0 Å². The molecule has 6 aromatic rings. The third kappa shape index (κ3) is 14.2. The minimum Gasteiger partial charge on any atom is -0.375 e. The molecule has 3 saturated carbocycles. The van der Waals surface area contributed by atoms with Gasteiger partial charge in [-0.1, -0.05) is 148 Å². The van der Waals surface area contributed by atoms with Crippen LogP contribution in [0.5, 0.6) is 0 Å². The second-order valence-electron chi connectivity index (χ2n) is 28.0. The van der Waals surface area contributed by atoms with Gasteiger partial charge in [0.25, 0.3) is 0 Å². The molecule has 9 aliphatic rings. The summed E-state index contributed by atoms with van der Waals surface area (Å²) >= 11 is 0. The fraction of sp³-hybridized carbons (Fsp3) is 0.551. The molecular weight excluding hydrogens is 1080 g/mol. The van der Waals surface area contributed by atoms with Crippen LogP contribution in [0.2, 0.25) is 0 Å². The first-order valence-corrected chi connectivity index (χ1v) is 34.0. The first-order chi connectivity index (χ1) is 41.7. The van der Waals surface area contributed by atoms with E-state index in [1.54, 1.807) is 22.3 Å². The number of halogens is 1. The van der Waals surface area contributed by atoms with Gasteiger partial charge in [-0.2, -0.15) is 0 Å². The van der Waals surface area contributed by atoms with Crippen molar-refractivity contribution in [3.63, 3.8) is 0 Å². The molecule has 7 nitrogen and oxygen atoms in total. The molecule has 0 unspecified atom stereocenters. The maximum absolute atomic E-state index is 6.40. The molecule has 6 heterocycles. The van der Waals surface area contributed by atoms with Crippen molar-refractivity contribution in [3.8, 4) is 0 Å². The Morgan fingerprint density at radius 2 is 0.779 bits per heavy atom. The molecule has 0 amide bonds. The Morgan fingerprint density at radius 1 is 0.430 bits per heavy atom. The summed E-state index contributed by atoms with van der Waals surface area (Å²) in [6.07, 6.45) is 46.4. The van der Waals surface area contributed by atoms with Gasteiger partial charge in [0.05, 0.1) is 16.8 Å². The third-order valence-corrected chi connectivity index (χ3v) is 22.8. The molecule has 3 aromatic carbocycles. The van der Waals surface area contributed by atoms with E-state index in [2.05, 4.69) is 139 Å². The number of allylic oxidation sites excluding steroid dienone is 1. The molecule has 6 fully saturated rings. The average Bonchev–Trinajstić information content (AvgIpc) is 3.99. The van der Waals surface area contributed by atoms with Gasteiger partial charge in [-0.15, -0.1) is 19.0 Å². The van der Waals surface area contributed by atoms with Crippen molar-refractivity contribution in [1.82, 2.24) is 15.0 Å². The highest BCUT2D eigenvalue weighted by atomic mass is 35.5. The lowest BCUT2D eigenvalue weighted by atomic mass is 9.67. The smallest absolute Gasteiger partial charge is 0.0691 e. The van der Waals surface area contributed by atoms with Crippen LogP contribution in [0.3, 0.4) is 0 Å². The standard InChI is InChI=1S/2C26H33NO.C17H23NO.C9H11N.ClH/c2*1-2-10-23-21(8-1)12-13-22(23)9-7-14-25(24-11-3-6-18-27-24)17-19-28-26(20-25)15-4-5-16-26;1-2-8-16(15-7-3-6-12-18-15)11-13-19-17(14-16)9-4-5-10-17;10-9-6-5-7-3-1-2-4-8(7)9;/h2*1-3,6,8,10-11,18,22H,4-5,7,9,12-17,19-20H2;2-3,6-7,12H,1,4-5,8-11,13-14H2;1-4,9H,5-6,10H2;1H/t2*22-,25+;16-;9-;/m0010./s1. The molecule has 15 rings (SSSR count). The highest BCUT2D eigenvalue weighted by Crippen LogP contribution is 2.54. The van der Waals surface area contributed by atoms with E-state index in [1.165, 1.54) is 182 Å². The molecule has 6 aliphatic carbocycles. The topological polar surface area (TPSA) is 92.4 Å². The van der Waals surface area contributed by atoms with Gasteiger partial charge in [-0.25, -0.2) is 0 Å². The molecule has 0 bridgehead atoms. The SMILES string of the molecule is C=CC[C@@]1(c2ccccn2)CCOC2(CCCC2)C1.Cl.N[C@H]1CCc2ccccc21.c1ccc([C@]2(CCC[C@H]3CCc4ccccc43)CCOC3(CCCC3)C2)nc1.c1ccc([C@]2(CCC[C@H]3CCc4ccccc43)CCOC3(CCCC3)C2)nc1. The largest absolute Gasteiger partial charge is 0.375 e. The number of benzene rings is 3. The van der Waals surface area contributed by atoms with Crippen LogP contribution >= 0.6 is 12.4 Å². The Kier molecular flexibility index (Phi) is 20.8. The highest BCUT2D eigenvalue weighted by Gasteiger charge is 2.51. The zero-order valence-electron chi connectivity index (χ0n) is 52.0. The zero-order valence-corrected chi connectivity index (χ0v) is 52.8. The summed E-state index contributed by atoms with van der Waals surface area (Å²) in [6, 6.07) is 46.2. The molecule has 2 N–H and O–H groups in total. The monoisotopic (exact) mass is 1180 g/mol. The number of rotatable bonds is 13. The molecule has 3 saturated heterocycles. The second kappa shape index (κ2) is 28.6. The summed E-state index contributed by atoms with van der Waals surface area (Å²) in [6.45, 7) is 6.65. The molecule has 86 heavy (non-hydrogen) atoms. The average molecular weight is 1180 g/mol. The van der Waals surface area contributed by atoms with E-state index in [0.29, 0.717) is 6.04 Å². The number of nitrogens with two attached hydrogens (primary N) is 1. The lowest BCUT2D eigenvalue weighted by Crippen LogP contribution is -2.46. The van der Waals surface area contributed by atoms with Crippen molar-refractivity contribution in [2.75, 3.05) is 19.8 Å². The molecule has 6 atom stereocenters. The second-order valence-corrected chi connectivity index (χ2v) is 28.0. The Hall–Kier alpha value is -5.02. The zero-order chi connectivity index (χ0) is 57.9. The number of aromatic nitrogens is 3. The van der Waals surface area contributed by atoms with Crippen LogP contribution in [0.25, 0.3) is 0 Å². The van der Waals surface area contributed by atoms with Crippen LogP contribution < -0.4 is 5.73 Å². The Bertz CT molecular complexity index is 2930. The molecule has 3 aliphatic heterocycles. The molecular formula is C78H101ClN4O3. The van der Waals surface area contributed by atoms with E-state index in [-0.39, 0.29) is 45.5 Å². The maximum atomic E-state index is 6.40. The van der Waals surface area contributed by atoms with Crippen LogP contribution in [0, 0.1) is 0 Å². The van der Waals surface area contributed by atoms with Gasteiger partial charge in [0, 0.05) is 77.8 Å².